The normalized spacial score (nSPS) is 13.5. The first-order chi connectivity index (χ1) is 30.3. The number of nitrogens with zero attached hydrogens (tertiary/aromatic N) is 1. The van der Waals surface area contributed by atoms with Gasteiger partial charge in [-0.1, -0.05) is 171 Å². The van der Waals surface area contributed by atoms with Crippen molar-refractivity contribution in [2.24, 2.45) is 0 Å². The lowest BCUT2D eigenvalue weighted by atomic mass is 9.80. The highest BCUT2D eigenvalue weighted by Gasteiger charge is 2.24. The summed E-state index contributed by atoms with van der Waals surface area (Å²) in [6, 6.07) is 72.7. The Morgan fingerprint density at radius 1 is 0.393 bits per heavy atom. The SMILES string of the molecule is c1cc(-c2cccc3c2sc2ccccc23)cc(N(c2cccc(-c3cccc4c3sc3ccccc34)c2)c2ccccc2-c2cccc3cccc(C4CCCCC4)c23)c1. The minimum atomic E-state index is 0.587. The second-order valence-electron chi connectivity index (χ2n) is 16.6. The van der Waals surface area contributed by atoms with E-state index >= 15 is 0 Å². The van der Waals surface area contributed by atoms with E-state index in [1.807, 2.05) is 22.7 Å². The van der Waals surface area contributed by atoms with Crippen molar-refractivity contribution in [2.75, 3.05) is 4.90 Å². The molecule has 1 aliphatic carbocycles. The molecular formula is C58H43NS2. The van der Waals surface area contributed by atoms with Crippen LogP contribution >= 0.6 is 22.7 Å². The van der Waals surface area contributed by atoms with Gasteiger partial charge in [-0.2, -0.15) is 0 Å². The highest BCUT2D eigenvalue weighted by atomic mass is 32.1. The van der Waals surface area contributed by atoms with Crippen LogP contribution in [0.5, 0.6) is 0 Å². The van der Waals surface area contributed by atoms with E-state index in [9.17, 15) is 0 Å². The molecule has 1 aliphatic rings. The molecule has 11 aromatic rings. The molecule has 0 radical (unpaired) electrons. The van der Waals surface area contributed by atoms with Gasteiger partial charge in [0.05, 0.1) is 5.69 Å². The molecule has 0 spiro atoms. The van der Waals surface area contributed by atoms with Gasteiger partial charge in [0.25, 0.3) is 0 Å². The van der Waals surface area contributed by atoms with Crippen molar-refractivity contribution in [3.8, 4) is 33.4 Å². The van der Waals surface area contributed by atoms with Gasteiger partial charge in [0.15, 0.2) is 0 Å². The van der Waals surface area contributed by atoms with Gasteiger partial charge < -0.3 is 4.90 Å². The molecule has 0 aliphatic heterocycles. The smallest absolute Gasteiger partial charge is 0.0540 e. The third-order valence-electron chi connectivity index (χ3n) is 13.1. The zero-order valence-electron chi connectivity index (χ0n) is 33.9. The average molecular weight is 818 g/mol. The summed E-state index contributed by atoms with van der Waals surface area (Å²) in [4.78, 5) is 2.51. The minimum absolute atomic E-state index is 0.587. The summed E-state index contributed by atoms with van der Waals surface area (Å²) in [7, 11) is 0. The fourth-order valence-electron chi connectivity index (χ4n) is 10.2. The van der Waals surface area contributed by atoms with Crippen molar-refractivity contribution in [3.63, 3.8) is 0 Å². The molecule has 61 heavy (non-hydrogen) atoms. The second-order valence-corrected chi connectivity index (χ2v) is 18.7. The Bertz CT molecular complexity index is 3270. The van der Waals surface area contributed by atoms with Crippen molar-refractivity contribution in [3.05, 3.63) is 200 Å². The van der Waals surface area contributed by atoms with E-state index < -0.39 is 0 Å². The van der Waals surface area contributed by atoms with Crippen molar-refractivity contribution >= 4 is 90.9 Å². The summed E-state index contributed by atoms with van der Waals surface area (Å²) < 4.78 is 5.31. The molecular weight excluding hydrogens is 775 g/mol. The Morgan fingerprint density at radius 3 is 1.52 bits per heavy atom. The summed E-state index contributed by atoms with van der Waals surface area (Å²) in [5, 5.41) is 8.00. The molecule has 0 bridgehead atoms. The largest absolute Gasteiger partial charge is 0.310 e. The minimum Gasteiger partial charge on any atom is -0.310 e. The maximum absolute atomic E-state index is 2.51. The molecule has 9 aromatic carbocycles. The molecule has 1 fully saturated rings. The summed E-state index contributed by atoms with van der Waals surface area (Å²) >= 11 is 3.79. The predicted octanol–water partition coefficient (Wildman–Crippen LogP) is 18.1. The second kappa shape index (κ2) is 15.2. The van der Waals surface area contributed by atoms with Crippen LogP contribution in [0.1, 0.15) is 43.6 Å². The van der Waals surface area contributed by atoms with Gasteiger partial charge >= 0.3 is 0 Å². The van der Waals surface area contributed by atoms with E-state index in [0.717, 1.165) is 11.4 Å². The number of fused-ring (bicyclic) bond motifs is 7. The summed E-state index contributed by atoms with van der Waals surface area (Å²) in [5.74, 6) is 0.587. The highest BCUT2D eigenvalue weighted by Crippen LogP contribution is 2.48. The van der Waals surface area contributed by atoms with E-state index in [1.54, 1.807) is 0 Å². The molecule has 0 N–H and O–H groups in total. The lowest BCUT2D eigenvalue weighted by Crippen LogP contribution is -2.12. The van der Waals surface area contributed by atoms with Crippen LogP contribution in [0.25, 0.3) is 84.5 Å². The molecule has 0 unspecified atom stereocenters. The number of para-hydroxylation sites is 1. The number of benzene rings is 9. The van der Waals surface area contributed by atoms with Gasteiger partial charge in [0.1, 0.15) is 0 Å². The molecule has 12 rings (SSSR count). The van der Waals surface area contributed by atoms with Gasteiger partial charge in [0, 0.05) is 57.3 Å². The van der Waals surface area contributed by atoms with Crippen LogP contribution in [0.2, 0.25) is 0 Å². The van der Waals surface area contributed by atoms with Gasteiger partial charge in [-0.3, -0.25) is 0 Å². The Labute approximate surface area is 364 Å². The maximum Gasteiger partial charge on any atom is 0.0540 e. The van der Waals surface area contributed by atoms with E-state index in [2.05, 4.69) is 199 Å². The van der Waals surface area contributed by atoms with Crippen LogP contribution in [0.15, 0.2) is 194 Å². The van der Waals surface area contributed by atoms with Crippen LogP contribution in [0.4, 0.5) is 17.1 Å². The Hall–Kier alpha value is -6.52. The Kier molecular flexibility index (Phi) is 9.05. The summed E-state index contributed by atoms with van der Waals surface area (Å²) in [6.07, 6.45) is 6.49. The fourth-order valence-corrected chi connectivity index (χ4v) is 12.7. The van der Waals surface area contributed by atoms with Gasteiger partial charge in [-0.15, -0.1) is 22.7 Å². The monoisotopic (exact) mass is 817 g/mol. The molecule has 1 saturated carbocycles. The third-order valence-corrected chi connectivity index (χ3v) is 15.5. The molecule has 2 aromatic heterocycles. The van der Waals surface area contributed by atoms with E-state index in [4.69, 9.17) is 0 Å². The van der Waals surface area contributed by atoms with Crippen molar-refractivity contribution in [1.82, 2.24) is 0 Å². The lowest BCUT2D eigenvalue weighted by Gasteiger charge is -2.30. The summed E-state index contributed by atoms with van der Waals surface area (Å²) in [5.41, 5.74) is 12.5. The first-order valence-electron chi connectivity index (χ1n) is 21.7. The Balaban J connectivity index is 1.08. The molecule has 2 heterocycles. The zero-order valence-corrected chi connectivity index (χ0v) is 35.5. The number of hydrogen-bond donors (Lipinski definition) is 0. The van der Waals surface area contributed by atoms with Crippen molar-refractivity contribution in [1.29, 1.82) is 0 Å². The average Bonchev–Trinajstić information content (AvgIpc) is 3.91. The molecule has 3 heteroatoms. The molecule has 1 nitrogen and oxygen atoms in total. The van der Waals surface area contributed by atoms with Crippen LogP contribution in [-0.4, -0.2) is 0 Å². The first kappa shape index (κ1) is 36.3. The van der Waals surface area contributed by atoms with Crippen molar-refractivity contribution in [2.45, 2.75) is 38.0 Å². The molecule has 0 atom stereocenters. The van der Waals surface area contributed by atoms with Gasteiger partial charge in [0.2, 0.25) is 0 Å². The number of rotatable bonds is 7. The topological polar surface area (TPSA) is 3.24 Å². The molecule has 0 saturated heterocycles. The zero-order chi connectivity index (χ0) is 40.3. The number of hydrogen-bond acceptors (Lipinski definition) is 3. The predicted molar refractivity (Wildman–Crippen MR) is 267 cm³/mol. The van der Waals surface area contributed by atoms with Gasteiger partial charge in [-0.25, -0.2) is 0 Å². The molecule has 292 valence electrons. The van der Waals surface area contributed by atoms with E-state index in [0.29, 0.717) is 5.92 Å². The molecule has 0 amide bonds. The quantitative estimate of drug-likeness (QED) is 0.155. The van der Waals surface area contributed by atoms with Crippen LogP contribution in [0, 0.1) is 0 Å². The Morgan fingerprint density at radius 2 is 0.885 bits per heavy atom. The van der Waals surface area contributed by atoms with Crippen LogP contribution < -0.4 is 4.90 Å². The number of thiophene rings is 2. The van der Waals surface area contributed by atoms with Gasteiger partial charge in [-0.05, 0) is 105 Å². The summed E-state index contributed by atoms with van der Waals surface area (Å²) in [6.45, 7) is 0. The highest BCUT2D eigenvalue weighted by molar-refractivity contribution is 7.26. The number of anilines is 3. The maximum atomic E-state index is 2.51. The fraction of sp³-hybridized carbons (Fsp3) is 0.103. The van der Waals surface area contributed by atoms with E-state index in [1.165, 1.54) is 128 Å². The first-order valence-corrected chi connectivity index (χ1v) is 23.3. The standard InChI is InChI=1S/C58H43NS2/c1-2-16-38(17-3-1)44-27-12-18-39-19-13-30-50(56(39)44)47-24-4-7-33-53(47)59(42-22-10-20-40(36-42)45-28-14-31-51-48-25-5-8-34-54(48)60-57(45)51)43-23-11-21-41(37-43)46-29-15-32-52-49-26-6-9-35-55(49)61-58(46)52/h4-15,18-38H,1-3,16-17H2. The van der Waals surface area contributed by atoms with Crippen LogP contribution in [-0.2, 0) is 0 Å². The van der Waals surface area contributed by atoms with Crippen LogP contribution in [0.3, 0.4) is 0 Å². The van der Waals surface area contributed by atoms with E-state index in [-0.39, 0.29) is 0 Å². The van der Waals surface area contributed by atoms with Crippen molar-refractivity contribution < 1.29 is 0 Å². The lowest BCUT2D eigenvalue weighted by molar-refractivity contribution is 0.445. The third kappa shape index (κ3) is 6.26.